The molecule has 170 valence electrons. The molecule has 0 radical (unpaired) electrons. The topological polar surface area (TPSA) is 160 Å². The molecule has 2 aromatic heterocycles. The second-order valence-corrected chi connectivity index (χ2v) is 8.85. The fourth-order valence-corrected chi connectivity index (χ4v) is 5.21. The van der Waals surface area contributed by atoms with Gasteiger partial charge in [0.1, 0.15) is 29.9 Å². The Hall–Kier alpha value is -3.71. The second-order valence-electron chi connectivity index (χ2n) is 6.85. The number of anilines is 1. The number of β-lactam (4-membered cyclic amide) rings is 1. The number of thiazole rings is 1. The molecule has 1 saturated heterocycles. The predicted octanol–water partition coefficient (Wildman–Crippen LogP) is 0.923. The molecule has 2 amide bonds. The smallest absolute Gasteiger partial charge is 0.352 e. The summed E-state index contributed by atoms with van der Waals surface area (Å²) in [5.41, 5.74) is 6.89. The van der Waals surface area contributed by atoms with Crippen LogP contribution in [0, 0.1) is 0 Å². The van der Waals surface area contributed by atoms with E-state index in [9.17, 15) is 19.5 Å². The van der Waals surface area contributed by atoms with Crippen LogP contribution in [0.1, 0.15) is 11.3 Å². The van der Waals surface area contributed by atoms with Gasteiger partial charge in [0.2, 0.25) is 0 Å². The third kappa shape index (κ3) is 4.45. The molecule has 0 aromatic carbocycles. The van der Waals surface area contributed by atoms with Gasteiger partial charge in [-0.25, -0.2) is 9.78 Å². The molecule has 0 aliphatic carbocycles. The van der Waals surface area contributed by atoms with Gasteiger partial charge in [-0.2, -0.15) is 0 Å². The zero-order chi connectivity index (χ0) is 23.5. The number of carboxylic acid groups (broad SMARTS) is 1. The summed E-state index contributed by atoms with van der Waals surface area (Å²) in [6.07, 6.45) is 6.69. The first kappa shape index (κ1) is 22.5. The van der Waals surface area contributed by atoms with Crippen molar-refractivity contribution in [2.24, 2.45) is 5.16 Å². The number of aromatic nitrogens is 2. The number of amides is 2. The maximum Gasteiger partial charge on any atom is 0.352 e. The maximum atomic E-state index is 12.8. The van der Waals surface area contributed by atoms with Crippen molar-refractivity contribution in [3.05, 3.63) is 58.5 Å². The number of aliphatic carboxylic acids is 1. The predicted molar refractivity (Wildman–Crippen MR) is 123 cm³/mol. The lowest BCUT2D eigenvalue weighted by molar-refractivity contribution is -0.150. The van der Waals surface area contributed by atoms with Crippen LogP contribution in [0.4, 0.5) is 5.13 Å². The van der Waals surface area contributed by atoms with E-state index in [0.29, 0.717) is 11.3 Å². The summed E-state index contributed by atoms with van der Waals surface area (Å²) >= 11 is 2.48. The first-order valence-electron chi connectivity index (χ1n) is 9.53. The number of nitrogens with zero attached hydrogens (tertiary/aromatic N) is 4. The summed E-state index contributed by atoms with van der Waals surface area (Å²) in [5.74, 6) is -2.08. The number of fused-ring (bicyclic) bond motifs is 1. The van der Waals surface area contributed by atoms with E-state index in [-0.39, 0.29) is 22.2 Å². The van der Waals surface area contributed by atoms with Crippen LogP contribution in [-0.2, 0) is 19.2 Å². The summed E-state index contributed by atoms with van der Waals surface area (Å²) in [7, 11) is 1.28. The van der Waals surface area contributed by atoms with Crippen LogP contribution >= 0.6 is 23.1 Å². The molecule has 0 unspecified atom stereocenters. The minimum absolute atomic E-state index is 0.104. The highest BCUT2D eigenvalue weighted by Crippen LogP contribution is 2.40. The standard InChI is InChI=1S/C20H18N6O5S2/c1-31-25-13(12-9-33-20(21)23-12)16(27)24-14-17(28)26-15(19(29)30)11(8-32-18(14)26)5-4-10-3-2-6-22-7-10/h2-7,9,14,18H,8H2,1H3,(H2,21,23)(H,24,27)(H,29,30)/b5-4+,25-13-/t14-,18-/m1/s1. The number of allylic oxidation sites excluding steroid dienone is 1. The minimum Gasteiger partial charge on any atom is -0.477 e. The number of thioether (sulfide) groups is 1. The Morgan fingerprint density at radius 3 is 2.88 bits per heavy atom. The molecule has 4 N–H and O–H groups in total. The third-order valence-corrected chi connectivity index (χ3v) is 6.79. The number of nitrogen functional groups attached to an aromatic ring is 1. The van der Waals surface area contributed by atoms with E-state index in [1.165, 1.54) is 23.8 Å². The van der Waals surface area contributed by atoms with Gasteiger partial charge < -0.3 is 21.0 Å². The highest BCUT2D eigenvalue weighted by Gasteiger charge is 2.54. The van der Waals surface area contributed by atoms with Crippen LogP contribution in [0.15, 0.2) is 52.4 Å². The van der Waals surface area contributed by atoms with Gasteiger partial charge >= 0.3 is 5.97 Å². The number of carbonyl (C=O) groups is 3. The number of hydrogen-bond donors (Lipinski definition) is 3. The van der Waals surface area contributed by atoms with E-state index >= 15 is 0 Å². The minimum atomic E-state index is -1.22. The van der Waals surface area contributed by atoms with Gasteiger partial charge in [-0.05, 0) is 17.2 Å². The van der Waals surface area contributed by atoms with Crippen molar-refractivity contribution in [3.63, 3.8) is 0 Å². The maximum absolute atomic E-state index is 12.8. The number of nitrogens with two attached hydrogens (primary N) is 1. The largest absolute Gasteiger partial charge is 0.477 e. The molecule has 11 nitrogen and oxygen atoms in total. The number of carbonyl (C=O) groups excluding carboxylic acids is 2. The summed E-state index contributed by atoms with van der Waals surface area (Å²) in [6, 6.07) is 2.68. The van der Waals surface area contributed by atoms with Crippen LogP contribution in [-0.4, -0.2) is 67.7 Å². The number of nitrogens with one attached hydrogen (secondary N) is 1. The Bertz CT molecular complexity index is 1190. The van der Waals surface area contributed by atoms with Gasteiger partial charge in [0.05, 0.1) is 0 Å². The highest BCUT2D eigenvalue weighted by molar-refractivity contribution is 8.00. The van der Waals surface area contributed by atoms with Crippen LogP contribution < -0.4 is 11.1 Å². The SMILES string of the molecule is CO/N=C(\C(=O)N[C@@H]1C(=O)N2C(C(=O)O)=C(/C=C/c3cccnc3)CS[C@H]12)c1csc(N)n1. The zero-order valence-corrected chi connectivity index (χ0v) is 18.8. The fourth-order valence-electron chi connectivity index (χ4n) is 3.34. The second kappa shape index (κ2) is 9.42. The Kier molecular flexibility index (Phi) is 6.42. The first-order chi connectivity index (χ1) is 15.9. The van der Waals surface area contributed by atoms with Gasteiger partial charge in [-0.3, -0.25) is 19.5 Å². The number of pyridine rings is 1. The van der Waals surface area contributed by atoms with Gasteiger partial charge in [-0.1, -0.05) is 23.4 Å². The van der Waals surface area contributed by atoms with Crippen LogP contribution in [0.5, 0.6) is 0 Å². The van der Waals surface area contributed by atoms with E-state index in [0.717, 1.165) is 16.9 Å². The Morgan fingerprint density at radius 1 is 1.42 bits per heavy atom. The molecule has 2 aliphatic rings. The molecule has 13 heteroatoms. The molecule has 2 aromatic rings. The number of rotatable bonds is 7. The lowest BCUT2D eigenvalue weighted by Gasteiger charge is -2.49. The van der Waals surface area contributed by atoms with Gasteiger partial charge in [0, 0.05) is 23.5 Å². The summed E-state index contributed by atoms with van der Waals surface area (Å²) in [5, 5.41) is 17.3. The van der Waals surface area contributed by atoms with Crippen molar-refractivity contribution < 1.29 is 24.3 Å². The average Bonchev–Trinajstić information content (AvgIpc) is 3.25. The van der Waals surface area contributed by atoms with E-state index in [2.05, 4.69) is 20.4 Å². The van der Waals surface area contributed by atoms with E-state index in [1.807, 2.05) is 6.07 Å². The lowest BCUT2D eigenvalue weighted by atomic mass is 10.0. The highest BCUT2D eigenvalue weighted by atomic mass is 32.2. The molecule has 2 aliphatic heterocycles. The zero-order valence-electron chi connectivity index (χ0n) is 17.2. The molecule has 4 rings (SSSR count). The van der Waals surface area contributed by atoms with Crippen molar-refractivity contribution >= 4 is 57.8 Å². The Balaban J connectivity index is 1.53. The van der Waals surface area contributed by atoms with Crippen molar-refractivity contribution in [3.8, 4) is 0 Å². The normalized spacial score (nSPS) is 20.5. The molecule has 0 bridgehead atoms. The summed E-state index contributed by atoms with van der Waals surface area (Å²) in [6.45, 7) is 0. The quantitative estimate of drug-likeness (QED) is 0.294. The molecule has 1 fully saturated rings. The molecule has 0 spiro atoms. The van der Waals surface area contributed by atoms with Crippen molar-refractivity contribution in [1.29, 1.82) is 0 Å². The van der Waals surface area contributed by atoms with Crippen LogP contribution in [0.25, 0.3) is 6.08 Å². The molecule has 0 saturated carbocycles. The third-order valence-electron chi connectivity index (χ3n) is 4.81. The monoisotopic (exact) mass is 486 g/mol. The van der Waals surface area contributed by atoms with Gasteiger partial charge in [0.25, 0.3) is 11.8 Å². The van der Waals surface area contributed by atoms with Crippen molar-refractivity contribution in [1.82, 2.24) is 20.2 Å². The van der Waals surface area contributed by atoms with E-state index in [1.54, 1.807) is 36.0 Å². The van der Waals surface area contributed by atoms with Crippen molar-refractivity contribution in [2.45, 2.75) is 11.4 Å². The molecule has 2 atom stereocenters. The average molecular weight is 487 g/mol. The van der Waals surface area contributed by atoms with E-state index in [4.69, 9.17) is 10.6 Å². The number of carboxylic acids is 1. The molecular weight excluding hydrogens is 468 g/mol. The van der Waals surface area contributed by atoms with Crippen molar-refractivity contribution in [2.75, 3.05) is 18.6 Å². The van der Waals surface area contributed by atoms with E-state index < -0.39 is 29.2 Å². The first-order valence-corrected chi connectivity index (χ1v) is 11.5. The van der Waals surface area contributed by atoms with Crippen LogP contribution in [0.3, 0.4) is 0 Å². The fraction of sp³-hybridized carbons (Fsp3) is 0.200. The summed E-state index contributed by atoms with van der Waals surface area (Å²) in [4.78, 5) is 51.6. The van der Waals surface area contributed by atoms with Crippen LogP contribution in [0.2, 0.25) is 0 Å². The molecule has 4 heterocycles. The van der Waals surface area contributed by atoms with Gasteiger partial charge in [0.15, 0.2) is 10.8 Å². The number of hydrogen-bond acceptors (Lipinski definition) is 10. The lowest BCUT2D eigenvalue weighted by Crippen LogP contribution is -2.71. The van der Waals surface area contributed by atoms with Gasteiger partial charge in [-0.15, -0.1) is 23.1 Å². The Morgan fingerprint density at radius 2 is 2.24 bits per heavy atom. The summed E-state index contributed by atoms with van der Waals surface area (Å²) < 4.78 is 0. The molecule has 33 heavy (non-hydrogen) atoms. The Labute approximate surface area is 196 Å². The molecular formula is C20H18N6O5S2. The number of oxime groups is 1.